The van der Waals surface area contributed by atoms with Crippen molar-refractivity contribution >= 4 is 16.6 Å². The molecule has 1 atom stereocenters. The number of hydrogen-bond acceptors (Lipinski definition) is 3. The van der Waals surface area contributed by atoms with Crippen LogP contribution in [0.1, 0.15) is 31.9 Å². The Kier molecular flexibility index (Phi) is 4.39. The molecule has 0 aliphatic carbocycles. The smallest absolute Gasteiger partial charge is 0.136 e. The Labute approximate surface area is 127 Å². The minimum absolute atomic E-state index is 0.823. The highest BCUT2D eigenvalue weighted by atomic mass is 15.2. The van der Waals surface area contributed by atoms with Gasteiger partial charge in [0.25, 0.3) is 0 Å². The third-order valence-corrected chi connectivity index (χ3v) is 4.41. The molecule has 0 saturated carbocycles. The van der Waals surface area contributed by atoms with Gasteiger partial charge in [-0.1, -0.05) is 37.6 Å². The topological polar surface area (TPSA) is 28.2 Å². The largest absolute Gasteiger partial charge is 0.356 e. The zero-order valence-electron chi connectivity index (χ0n) is 13.1. The average molecular weight is 283 g/mol. The second kappa shape index (κ2) is 6.44. The summed E-state index contributed by atoms with van der Waals surface area (Å²) in [5, 5.41) is 5.80. The summed E-state index contributed by atoms with van der Waals surface area (Å²) in [6.45, 7) is 5.41. The molecular weight excluding hydrogens is 258 g/mol. The van der Waals surface area contributed by atoms with Crippen molar-refractivity contribution in [1.29, 1.82) is 0 Å². The van der Waals surface area contributed by atoms with Gasteiger partial charge in [-0.25, -0.2) is 4.98 Å². The summed E-state index contributed by atoms with van der Waals surface area (Å²) in [6.07, 6.45) is 3.93. The maximum atomic E-state index is 4.93. The fourth-order valence-electron chi connectivity index (χ4n) is 3.42. The molecule has 3 heteroatoms. The lowest BCUT2D eigenvalue weighted by atomic mass is 10.0. The van der Waals surface area contributed by atoms with E-state index in [1.807, 2.05) is 7.05 Å². The Balaban J connectivity index is 1.96. The van der Waals surface area contributed by atoms with E-state index in [4.69, 9.17) is 4.98 Å². The van der Waals surface area contributed by atoms with E-state index in [0.717, 1.165) is 31.2 Å². The molecule has 1 saturated heterocycles. The summed E-state index contributed by atoms with van der Waals surface area (Å²) in [7, 11) is 1.98. The SMILES string of the molecule is CCCC1CCN(c2nc(CNC)cc3ccccc23)C1. The van der Waals surface area contributed by atoms with Gasteiger partial charge in [0, 0.05) is 25.0 Å². The summed E-state index contributed by atoms with van der Waals surface area (Å²) in [5.41, 5.74) is 1.13. The number of pyridine rings is 1. The summed E-state index contributed by atoms with van der Waals surface area (Å²) in [4.78, 5) is 7.42. The Morgan fingerprint density at radius 3 is 3.00 bits per heavy atom. The molecule has 0 radical (unpaired) electrons. The molecule has 3 rings (SSSR count). The molecule has 1 fully saturated rings. The Morgan fingerprint density at radius 2 is 2.19 bits per heavy atom. The number of rotatable bonds is 5. The van der Waals surface area contributed by atoms with Gasteiger partial charge in [-0.15, -0.1) is 0 Å². The van der Waals surface area contributed by atoms with Crippen molar-refractivity contribution in [3.63, 3.8) is 0 Å². The van der Waals surface area contributed by atoms with Crippen LogP contribution in [0.3, 0.4) is 0 Å². The van der Waals surface area contributed by atoms with E-state index in [9.17, 15) is 0 Å². The molecular formula is C18H25N3. The average Bonchev–Trinajstić information content (AvgIpc) is 2.96. The van der Waals surface area contributed by atoms with Gasteiger partial charge in [-0.2, -0.15) is 0 Å². The van der Waals surface area contributed by atoms with E-state index in [-0.39, 0.29) is 0 Å². The molecule has 0 amide bonds. The van der Waals surface area contributed by atoms with Crippen LogP contribution in [0, 0.1) is 5.92 Å². The first kappa shape index (κ1) is 14.3. The van der Waals surface area contributed by atoms with Gasteiger partial charge in [0.2, 0.25) is 0 Å². The van der Waals surface area contributed by atoms with Crippen LogP contribution in [0.25, 0.3) is 10.8 Å². The van der Waals surface area contributed by atoms with E-state index in [0.29, 0.717) is 0 Å². The minimum atomic E-state index is 0.823. The molecule has 112 valence electrons. The minimum Gasteiger partial charge on any atom is -0.356 e. The van der Waals surface area contributed by atoms with Gasteiger partial charge in [0.1, 0.15) is 5.82 Å². The number of aromatic nitrogens is 1. The maximum absolute atomic E-state index is 4.93. The van der Waals surface area contributed by atoms with Gasteiger partial charge >= 0.3 is 0 Å². The fourth-order valence-corrected chi connectivity index (χ4v) is 3.42. The van der Waals surface area contributed by atoms with Gasteiger partial charge in [0.15, 0.2) is 0 Å². The normalized spacial score (nSPS) is 18.6. The summed E-state index contributed by atoms with van der Waals surface area (Å²) < 4.78 is 0. The third-order valence-electron chi connectivity index (χ3n) is 4.41. The quantitative estimate of drug-likeness (QED) is 0.909. The molecule has 1 aliphatic rings. The molecule has 1 aromatic carbocycles. The molecule has 0 bridgehead atoms. The van der Waals surface area contributed by atoms with Crippen LogP contribution in [-0.4, -0.2) is 25.1 Å². The van der Waals surface area contributed by atoms with Crippen molar-refractivity contribution in [2.24, 2.45) is 5.92 Å². The second-order valence-corrected chi connectivity index (χ2v) is 6.08. The van der Waals surface area contributed by atoms with Crippen molar-refractivity contribution in [2.45, 2.75) is 32.7 Å². The molecule has 21 heavy (non-hydrogen) atoms. The molecule has 1 N–H and O–H groups in total. The highest BCUT2D eigenvalue weighted by Crippen LogP contribution is 2.31. The van der Waals surface area contributed by atoms with Gasteiger partial charge in [-0.3, -0.25) is 0 Å². The maximum Gasteiger partial charge on any atom is 0.136 e. The standard InChI is InChI=1S/C18H25N3/c1-3-6-14-9-10-21(13-14)18-17-8-5-4-7-15(17)11-16(20-18)12-19-2/h4-5,7-8,11,14,19H,3,6,9-10,12-13H2,1-2H3. The summed E-state index contributed by atoms with van der Waals surface area (Å²) >= 11 is 0. The van der Waals surface area contributed by atoms with Crippen molar-refractivity contribution < 1.29 is 0 Å². The highest BCUT2D eigenvalue weighted by molar-refractivity contribution is 5.92. The van der Waals surface area contributed by atoms with Crippen molar-refractivity contribution in [3.05, 3.63) is 36.0 Å². The lowest BCUT2D eigenvalue weighted by Gasteiger charge is -2.20. The number of nitrogens with one attached hydrogen (secondary N) is 1. The predicted octanol–water partition coefficient (Wildman–Crippen LogP) is 3.58. The zero-order valence-corrected chi connectivity index (χ0v) is 13.1. The lowest BCUT2D eigenvalue weighted by molar-refractivity contribution is 0.529. The molecule has 1 aliphatic heterocycles. The second-order valence-electron chi connectivity index (χ2n) is 6.08. The molecule has 1 unspecified atom stereocenters. The van der Waals surface area contributed by atoms with E-state index < -0.39 is 0 Å². The molecule has 3 nitrogen and oxygen atoms in total. The van der Waals surface area contributed by atoms with Gasteiger partial charge in [0.05, 0.1) is 5.69 Å². The van der Waals surface area contributed by atoms with E-state index in [1.165, 1.54) is 35.9 Å². The predicted molar refractivity (Wildman–Crippen MR) is 89.7 cm³/mol. The highest BCUT2D eigenvalue weighted by Gasteiger charge is 2.24. The Hall–Kier alpha value is -1.61. The van der Waals surface area contributed by atoms with Crippen LogP contribution in [-0.2, 0) is 6.54 Å². The number of benzene rings is 1. The lowest BCUT2D eigenvalue weighted by Crippen LogP contribution is -2.22. The van der Waals surface area contributed by atoms with Crippen molar-refractivity contribution in [3.8, 4) is 0 Å². The van der Waals surface area contributed by atoms with Crippen LogP contribution in [0.5, 0.6) is 0 Å². The number of fused-ring (bicyclic) bond motifs is 1. The Morgan fingerprint density at radius 1 is 1.33 bits per heavy atom. The first-order chi connectivity index (χ1) is 10.3. The van der Waals surface area contributed by atoms with Crippen LogP contribution >= 0.6 is 0 Å². The molecule has 2 aromatic rings. The van der Waals surface area contributed by atoms with E-state index in [1.54, 1.807) is 0 Å². The van der Waals surface area contributed by atoms with Gasteiger partial charge in [-0.05, 0) is 37.3 Å². The van der Waals surface area contributed by atoms with E-state index >= 15 is 0 Å². The number of anilines is 1. The van der Waals surface area contributed by atoms with Crippen LogP contribution in [0.2, 0.25) is 0 Å². The monoisotopic (exact) mass is 283 g/mol. The van der Waals surface area contributed by atoms with Crippen LogP contribution in [0.4, 0.5) is 5.82 Å². The first-order valence-corrected chi connectivity index (χ1v) is 8.10. The molecule has 1 aromatic heterocycles. The van der Waals surface area contributed by atoms with Crippen LogP contribution < -0.4 is 10.2 Å². The molecule has 0 spiro atoms. The third kappa shape index (κ3) is 3.03. The van der Waals surface area contributed by atoms with Crippen molar-refractivity contribution in [1.82, 2.24) is 10.3 Å². The van der Waals surface area contributed by atoms with Crippen molar-refractivity contribution in [2.75, 3.05) is 25.0 Å². The Bertz CT molecular complexity index is 608. The first-order valence-electron chi connectivity index (χ1n) is 8.10. The van der Waals surface area contributed by atoms with E-state index in [2.05, 4.69) is 47.5 Å². The van der Waals surface area contributed by atoms with Crippen LogP contribution in [0.15, 0.2) is 30.3 Å². The fraction of sp³-hybridized carbons (Fsp3) is 0.500. The zero-order chi connectivity index (χ0) is 14.7. The summed E-state index contributed by atoms with van der Waals surface area (Å²) in [5.74, 6) is 2.01. The van der Waals surface area contributed by atoms with Gasteiger partial charge < -0.3 is 10.2 Å². The summed E-state index contributed by atoms with van der Waals surface area (Å²) in [6, 6.07) is 10.8. The molecule has 2 heterocycles. The number of hydrogen-bond donors (Lipinski definition) is 1. The number of nitrogens with zero attached hydrogens (tertiary/aromatic N) is 2.